The number of aryl methyl sites for hydroxylation is 1. The smallest absolute Gasteiger partial charge is 0.240 e. The maximum Gasteiger partial charge on any atom is 0.240 e. The summed E-state index contributed by atoms with van der Waals surface area (Å²) in [5.74, 6) is 0.240. The zero-order valence-corrected chi connectivity index (χ0v) is 12.5. The molecule has 2 N–H and O–H groups in total. The van der Waals surface area contributed by atoms with Gasteiger partial charge in [0.25, 0.3) is 0 Å². The van der Waals surface area contributed by atoms with Gasteiger partial charge in [-0.1, -0.05) is 15.9 Å². The van der Waals surface area contributed by atoms with Crippen LogP contribution in [0.15, 0.2) is 27.6 Å². The Balaban J connectivity index is 2.09. The van der Waals surface area contributed by atoms with E-state index in [1.807, 2.05) is 6.92 Å². The number of rotatable bonds is 4. The number of aliphatic hydroxyl groups excluding tert-OH is 1. The second-order valence-corrected chi connectivity index (χ2v) is 7.32. The molecule has 0 spiro atoms. The summed E-state index contributed by atoms with van der Waals surface area (Å²) >= 11 is 3.35. The first-order valence-electron chi connectivity index (χ1n) is 5.81. The first-order valence-corrected chi connectivity index (χ1v) is 8.09. The van der Waals surface area contributed by atoms with Gasteiger partial charge in [-0.2, -0.15) is 0 Å². The Bertz CT molecular complexity index is 538. The van der Waals surface area contributed by atoms with Crippen LogP contribution in [-0.2, 0) is 10.0 Å². The summed E-state index contributed by atoms with van der Waals surface area (Å²) in [5, 5.41) is 8.90. The van der Waals surface area contributed by atoms with Gasteiger partial charge >= 0.3 is 0 Å². The second kappa shape index (κ2) is 5.28. The van der Waals surface area contributed by atoms with Crippen molar-refractivity contribution in [3.8, 4) is 0 Å². The molecule has 0 radical (unpaired) electrons. The van der Waals surface area contributed by atoms with Crippen LogP contribution in [0.3, 0.4) is 0 Å². The molecule has 0 aromatic heterocycles. The Morgan fingerprint density at radius 2 is 2.11 bits per heavy atom. The van der Waals surface area contributed by atoms with Crippen molar-refractivity contribution in [3.63, 3.8) is 0 Å². The van der Waals surface area contributed by atoms with Crippen LogP contribution in [0.1, 0.15) is 18.4 Å². The molecule has 6 heteroatoms. The van der Waals surface area contributed by atoms with Crippen LogP contribution in [0.5, 0.6) is 0 Å². The molecule has 1 saturated carbocycles. The number of benzene rings is 1. The summed E-state index contributed by atoms with van der Waals surface area (Å²) in [6.45, 7) is 1.99. The van der Waals surface area contributed by atoms with Gasteiger partial charge in [-0.3, -0.25) is 0 Å². The average Bonchev–Trinajstić information content (AvgIpc) is 2.26. The fraction of sp³-hybridized carbons (Fsp3) is 0.500. The fourth-order valence-corrected chi connectivity index (χ4v) is 3.65. The minimum absolute atomic E-state index is 0.0453. The minimum Gasteiger partial charge on any atom is -0.396 e. The molecular formula is C12H16BrNO3S. The Kier molecular flexibility index (Phi) is 4.11. The highest BCUT2D eigenvalue weighted by Gasteiger charge is 2.32. The number of hydrogen-bond acceptors (Lipinski definition) is 3. The van der Waals surface area contributed by atoms with E-state index in [1.54, 1.807) is 18.2 Å². The van der Waals surface area contributed by atoms with E-state index in [2.05, 4.69) is 20.7 Å². The molecule has 1 aromatic carbocycles. The monoisotopic (exact) mass is 333 g/mol. The highest BCUT2D eigenvalue weighted by molar-refractivity contribution is 9.10. The van der Waals surface area contributed by atoms with Crippen molar-refractivity contribution >= 4 is 26.0 Å². The summed E-state index contributed by atoms with van der Waals surface area (Å²) in [6.07, 6.45) is 1.43. The summed E-state index contributed by atoms with van der Waals surface area (Å²) in [4.78, 5) is 0.288. The maximum atomic E-state index is 12.1. The van der Waals surface area contributed by atoms with E-state index in [0.29, 0.717) is 12.8 Å². The second-order valence-electron chi connectivity index (χ2n) is 4.75. The van der Waals surface area contributed by atoms with E-state index >= 15 is 0 Å². The molecule has 18 heavy (non-hydrogen) atoms. The number of nitrogens with one attached hydrogen (secondary N) is 1. The van der Waals surface area contributed by atoms with Crippen molar-refractivity contribution < 1.29 is 13.5 Å². The fourth-order valence-electron chi connectivity index (χ4n) is 2.05. The van der Waals surface area contributed by atoms with Gasteiger partial charge in [0.15, 0.2) is 0 Å². The summed E-state index contributed by atoms with van der Waals surface area (Å²) in [6, 6.07) is 4.92. The van der Waals surface area contributed by atoms with Crippen molar-refractivity contribution in [2.45, 2.75) is 30.7 Å². The molecule has 0 unspecified atom stereocenters. The van der Waals surface area contributed by atoms with E-state index in [-0.39, 0.29) is 23.5 Å². The molecule has 0 heterocycles. The van der Waals surface area contributed by atoms with Gasteiger partial charge in [-0.15, -0.1) is 0 Å². The quantitative estimate of drug-likeness (QED) is 0.883. The average molecular weight is 334 g/mol. The van der Waals surface area contributed by atoms with Crippen LogP contribution >= 0.6 is 15.9 Å². The van der Waals surface area contributed by atoms with E-state index in [0.717, 1.165) is 10.0 Å². The third-order valence-electron chi connectivity index (χ3n) is 3.26. The standard InChI is InChI=1S/C12H16BrNO3S/c1-8-4-11(2-3-12(8)13)18(16,17)14-10-5-9(6-10)7-15/h2-4,9-10,14-15H,5-7H2,1H3. The summed E-state index contributed by atoms with van der Waals surface area (Å²) < 4.78 is 27.8. The maximum absolute atomic E-state index is 12.1. The van der Waals surface area contributed by atoms with Crippen LogP contribution in [0, 0.1) is 12.8 Å². The van der Waals surface area contributed by atoms with Gasteiger partial charge in [0.1, 0.15) is 0 Å². The lowest BCUT2D eigenvalue weighted by Gasteiger charge is -2.34. The van der Waals surface area contributed by atoms with E-state index in [4.69, 9.17) is 5.11 Å². The highest BCUT2D eigenvalue weighted by atomic mass is 79.9. The van der Waals surface area contributed by atoms with Crippen molar-refractivity contribution in [1.82, 2.24) is 4.72 Å². The van der Waals surface area contributed by atoms with Gasteiger partial charge < -0.3 is 5.11 Å². The molecule has 1 fully saturated rings. The largest absolute Gasteiger partial charge is 0.396 e. The Morgan fingerprint density at radius 3 is 2.67 bits per heavy atom. The third kappa shape index (κ3) is 2.93. The van der Waals surface area contributed by atoms with Gasteiger partial charge in [-0.05, 0) is 49.4 Å². The van der Waals surface area contributed by atoms with Crippen molar-refractivity contribution in [2.24, 2.45) is 5.92 Å². The van der Waals surface area contributed by atoms with E-state index in [1.165, 1.54) is 0 Å². The van der Waals surface area contributed by atoms with Gasteiger partial charge in [0, 0.05) is 17.1 Å². The van der Waals surface area contributed by atoms with Crippen LogP contribution < -0.4 is 4.72 Å². The number of hydrogen-bond donors (Lipinski definition) is 2. The lowest BCUT2D eigenvalue weighted by Crippen LogP contribution is -2.45. The molecule has 100 valence electrons. The topological polar surface area (TPSA) is 66.4 Å². The molecule has 1 aliphatic rings. The summed E-state index contributed by atoms with van der Waals surface area (Å²) in [5.41, 5.74) is 0.889. The van der Waals surface area contributed by atoms with Crippen molar-refractivity contribution in [3.05, 3.63) is 28.2 Å². The molecule has 1 aromatic rings. The van der Waals surface area contributed by atoms with Crippen molar-refractivity contribution in [1.29, 1.82) is 0 Å². The molecule has 0 saturated heterocycles. The lowest BCUT2D eigenvalue weighted by atomic mass is 9.82. The highest BCUT2D eigenvalue weighted by Crippen LogP contribution is 2.28. The van der Waals surface area contributed by atoms with Gasteiger partial charge in [-0.25, -0.2) is 13.1 Å². The lowest BCUT2D eigenvalue weighted by molar-refractivity contribution is 0.137. The zero-order valence-electron chi connectivity index (χ0n) is 10.1. The minimum atomic E-state index is -3.44. The number of halogens is 1. The van der Waals surface area contributed by atoms with Crippen LogP contribution in [0.25, 0.3) is 0 Å². The van der Waals surface area contributed by atoms with E-state index < -0.39 is 10.0 Å². The Morgan fingerprint density at radius 1 is 1.44 bits per heavy atom. The molecule has 0 aliphatic heterocycles. The third-order valence-corrected chi connectivity index (χ3v) is 5.66. The van der Waals surface area contributed by atoms with Gasteiger partial charge in [0.2, 0.25) is 10.0 Å². The summed E-state index contributed by atoms with van der Waals surface area (Å²) in [7, 11) is -3.44. The normalized spacial score (nSPS) is 23.7. The van der Waals surface area contributed by atoms with Gasteiger partial charge in [0.05, 0.1) is 4.90 Å². The predicted molar refractivity (Wildman–Crippen MR) is 72.8 cm³/mol. The van der Waals surface area contributed by atoms with Crippen LogP contribution in [-0.4, -0.2) is 26.2 Å². The first kappa shape index (κ1) is 14.0. The Hall–Kier alpha value is -0.430. The molecule has 0 amide bonds. The Labute approximate surface area is 116 Å². The molecular weight excluding hydrogens is 318 g/mol. The number of aliphatic hydroxyl groups is 1. The molecule has 1 aliphatic carbocycles. The van der Waals surface area contributed by atoms with Crippen molar-refractivity contribution in [2.75, 3.05) is 6.61 Å². The van der Waals surface area contributed by atoms with Crippen LogP contribution in [0.4, 0.5) is 0 Å². The first-order chi connectivity index (χ1) is 8.42. The molecule has 2 rings (SSSR count). The van der Waals surface area contributed by atoms with E-state index in [9.17, 15) is 8.42 Å². The predicted octanol–water partition coefficient (Wildman–Crippen LogP) is 1.81. The van der Waals surface area contributed by atoms with Crippen LogP contribution in [0.2, 0.25) is 0 Å². The number of sulfonamides is 1. The molecule has 0 atom stereocenters. The molecule has 4 nitrogen and oxygen atoms in total. The molecule has 0 bridgehead atoms. The SMILES string of the molecule is Cc1cc(S(=O)(=O)NC2CC(CO)C2)ccc1Br. The zero-order chi connectivity index (χ0) is 13.3.